The topological polar surface area (TPSA) is 87.5 Å². The van der Waals surface area contributed by atoms with Gasteiger partial charge in [0.2, 0.25) is 0 Å². The van der Waals surface area contributed by atoms with Crippen molar-refractivity contribution in [1.29, 1.82) is 0 Å². The molecule has 122 valence electrons. The zero-order valence-corrected chi connectivity index (χ0v) is 13.5. The van der Waals surface area contributed by atoms with Gasteiger partial charge in [0.1, 0.15) is 5.75 Å². The second-order valence-corrected chi connectivity index (χ2v) is 5.94. The lowest BCUT2D eigenvalue weighted by Gasteiger charge is -2.08. The van der Waals surface area contributed by atoms with E-state index in [0.29, 0.717) is 15.4 Å². The van der Waals surface area contributed by atoms with E-state index >= 15 is 0 Å². The van der Waals surface area contributed by atoms with Gasteiger partial charge in [0.15, 0.2) is 5.78 Å². The van der Waals surface area contributed by atoms with Gasteiger partial charge in [0, 0.05) is 17.3 Å². The lowest BCUT2D eigenvalue weighted by Crippen LogP contribution is -2.20. The van der Waals surface area contributed by atoms with Gasteiger partial charge in [-0.1, -0.05) is 6.08 Å². The van der Waals surface area contributed by atoms with Crippen molar-refractivity contribution in [2.75, 3.05) is 13.7 Å². The Morgan fingerprint density at radius 3 is 2.52 bits per heavy atom. The first-order valence-corrected chi connectivity index (χ1v) is 8.08. The minimum Gasteiger partial charge on any atom is -0.497 e. The molecule has 0 aliphatic carbocycles. The van der Waals surface area contributed by atoms with Crippen LogP contribution in [0, 0.1) is 0 Å². The number of hydrogen-bond acceptors (Lipinski definition) is 6. The van der Waals surface area contributed by atoms with Gasteiger partial charge >= 0.3 is 10.3 Å². The van der Waals surface area contributed by atoms with Crippen molar-refractivity contribution in [2.45, 2.75) is 6.92 Å². The number of allylic oxidation sites excluding steroid dienone is 1. The molecule has 0 unspecified atom stereocenters. The number of carbonyl (C=O) groups is 1. The fraction of sp³-hybridized carbons (Fsp3) is 0.200. The summed E-state index contributed by atoms with van der Waals surface area (Å²) in [5.41, 5.74) is 0.643. The third kappa shape index (κ3) is 4.05. The summed E-state index contributed by atoms with van der Waals surface area (Å²) in [6.45, 7) is 1.27. The van der Waals surface area contributed by atoms with Crippen LogP contribution in [-0.2, 0) is 14.5 Å². The van der Waals surface area contributed by atoms with Crippen molar-refractivity contribution in [3.8, 4) is 5.75 Å². The predicted molar refractivity (Wildman–Crippen MR) is 83.6 cm³/mol. The lowest BCUT2D eigenvalue weighted by atomic mass is 10.0. The molecule has 0 fully saturated rings. The summed E-state index contributed by atoms with van der Waals surface area (Å²) in [6.07, 6.45) is 4.08. The Morgan fingerprint density at radius 2 is 2.00 bits per heavy atom. The van der Waals surface area contributed by atoms with E-state index in [2.05, 4.69) is 5.10 Å². The molecule has 0 saturated heterocycles. The Kier molecular flexibility index (Phi) is 5.30. The highest BCUT2D eigenvalue weighted by Gasteiger charge is 2.18. The summed E-state index contributed by atoms with van der Waals surface area (Å²) in [7, 11) is -2.53. The maximum atomic E-state index is 12.4. The van der Waals surface area contributed by atoms with Crippen molar-refractivity contribution in [3.05, 3.63) is 59.9 Å². The van der Waals surface area contributed by atoms with E-state index in [9.17, 15) is 13.2 Å². The van der Waals surface area contributed by atoms with Crippen LogP contribution in [-0.4, -0.2) is 37.1 Å². The van der Waals surface area contributed by atoms with Gasteiger partial charge in [-0.25, -0.2) is 4.18 Å². The van der Waals surface area contributed by atoms with Crippen molar-refractivity contribution < 1.29 is 22.1 Å². The highest BCUT2D eigenvalue weighted by atomic mass is 32.2. The van der Waals surface area contributed by atoms with Crippen LogP contribution >= 0.6 is 0 Å². The fourth-order valence-corrected chi connectivity index (χ4v) is 2.56. The van der Waals surface area contributed by atoms with E-state index < -0.39 is 10.3 Å². The van der Waals surface area contributed by atoms with E-state index in [0.717, 1.165) is 0 Å². The van der Waals surface area contributed by atoms with Crippen molar-refractivity contribution >= 4 is 16.1 Å². The van der Waals surface area contributed by atoms with E-state index in [1.165, 1.54) is 31.6 Å². The zero-order chi connectivity index (χ0) is 16.9. The predicted octanol–water partition coefficient (Wildman–Crippen LogP) is 1.83. The summed E-state index contributed by atoms with van der Waals surface area (Å²) in [5.74, 6) is 0.312. The lowest BCUT2D eigenvalue weighted by molar-refractivity contribution is 0.102. The Bertz CT molecular complexity index is 793. The van der Waals surface area contributed by atoms with Gasteiger partial charge in [-0.3, -0.25) is 4.79 Å². The van der Waals surface area contributed by atoms with Crippen LogP contribution < -0.4 is 4.74 Å². The molecule has 0 bridgehead atoms. The standard InChI is InChI=1S/C15H16N2O5S/c1-3-12(11-22-23(19,20)17-10-4-9-16-17)15(18)13-5-7-14(21-2)8-6-13/h3-10H,11H2,1-2H3/b12-3+. The average Bonchev–Trinajstić information content (AvgIpc) is 3.10. The number of benzene rings is 1. The normalized spacial score (nSPS) is 12.2. The smallest absolute Gasteiger partial charge is 0.381 e. The second-order valence-electron chi connectivity index (χ2n) is 4.47. The van der Waals surface area contributed by atoms with Crippen molar-refractivity contribution in [3.63, 3.8) is 0 Å². The molecule has 0 N–H and O–H groups in total. The molecule has 1 heterocycles. The number of carbonyl (C=O) groups excluding carboxylic acids is 1. The van der Waals surface area contributed by atoms with Crippen LogP contribution in [0.2, 0.25) is 0 Å². The summed E-state index contributed by atoms with van der Waals surface area (Å²) in [5, 5.41) is 3.60. The molecule has 1 aromatic carbocycles. The molecule has 0 saturated carbocycles. The number of hydrogen-bond donors (Lipinski definition) is 0. The zero-order valence-electron chi connectivity index (χ0n) is 12.7. The molecule has 2 aromatic rings. The first-order valence-electron chi connectivity index (χ1n) is 6.71. The number of aromatic nitrogens is 2. The molecular formula is C15H16N2O5S. The monoisotopic (exact) mass is 336 g/mol. The van der Waals surface area contributed by atoms with Gasteiger partial charge in [-0.15, -0.1) is 4.09 Å². The van der Waals surface area contributed by atoms with Crippen molar-refractivity contribution in [1.82, 2.24) is 9.19 Å². The Balaban J connectivity index is 2.09. The third-order valence-corrected chi connectivity index (χ3v) is 4.15. The van der Waals surface area contributed by atoms with Crippen LogP contribution in [0.5, 0.6) is 5.75 Å². The molecule has 7 nitrogen and oxygen atoms in total. The van der Waals surface area contributed by atoms with Crippen LogP contribution in [0.15, 0.2) is 54.4 Å². The number of methoxy groups -OCH3 is 1. The number of rotatable bonds is 7. The quantitative estimate of drug-likeness (QED) is 0.566. The number of ether oxygens (including phenoxy) is 1. The molecule has 0 amide bonds. The SMILES string of the molecule is C/C=C(\COS(=O)(=O)n1cccn1)C(=O)c1ccc(OC)cc1. The fourth-order valence-electron chi connectivity index (χ4n) is 1.79. The Morgan fingerprint density at radius 1 is 1.30 bits per heavy atom. The van der Waals surface area contributed by atoms with Gasteiger partial charge in [-0.05, 0) is 37.3 Å². The Hall–Kier alpha value is -2.45. The third-order valence-electron chi connectivity index (χ3n) is 3.06. The number of nitrogens with zero attached hydrogens (tertiary/aromatic N) is 2. The van der Waals surface area contributed by atoms with Crippen LogP contribution in [0.3, 0.4) is 0 Å². The minimum absolute atomic E-state index is 0.228. The van der Waals surface area contributed by atoms with Crippen molar-refractivity contribution in [2.24, 2.45) is 0 Å². The molecule has 0 aliphatic heterocycles. The van der Waals surface area contributed by atoms with Crippen LogP contribution in [0.25, 0.3) is 0 Å². The summed E-state index contributed by atoms with van der Waals surface area (Å²) in [6, 6.07) is 7.98. The molecule has 0 spiro atoms. The second kappa shape index (κ2) is 7.21. The van der Waals surface area contributed by atoms with E-state index in [1.54, 1.807) is 31.2 Å². The maximum Gasteiger partial charge on any atom is 0.381 e. The molecule has 2 rings (SSSR count). The van der Waals surface area contributed by atoms with E-state index in [1.807, 2.05) is 0 Å². The van der Waals surface area contributed by atoms with Crippen LogP contribution in [0.4, 0.5) is 0 Å². The first-order chi connectivity index (χ1) is 11.0. The van der Waals surface area contributed by atoms with Gasteiger partial charge in [0.05, 0.1) is 19.9 Å². The first kappa shape index (κ1) is 16.9. The van der Waals surface area contributed by atoms with Crippen LogP contribution in [0.1, 0.15) is 17.3 Å². The highest BCUT2D eigenvalue weighted by molar-refractivity contribution is 7.85. The highest BCUT2D eigenvalue weighted by Crippen LogP contribution is 2.15. The molecule has 0 radical (unpaired) electrons. The largest absolute Gasteiger partial charge is 0.497 e. The molecule has 23 heavy (non-hydrogen) atoms. The average molecular weight is 336 g/mol. The molecule has 0 atom stereocenters. The Labute approximate surface area is 134 Å². The number of ketones is 1. The van der Waals surface area contributed by atoms with Gasteiger partial charge in [-0.2, -0.15) is 13.5 Å². The van der Waals surface area contributed by atoms with Gasteiger partial charge in [0.25, 0.3) is 0 Å². The minimum atomic E-state index is -4.06. The molecular weight excluding hydrogens is 320 g/mol. The van der Waals surface area contributed by atoms with Gasteiger partial charge < -0.3 is 4.74 Å². The summed E-state index contributed by atoms with van der Waals surface area (Å²) in [4.78, 5) is 12.4. The molecule has 1 aromatic heterocycles. The molecule has 8 heteroatoms. The molecule has 0 aliphatic rings. The summed E-state index contributed by atoms with van der Waals surface area (Å²) >= 11 is 0. The number of Topliss-reactive ketones (excluding diaryl/α,β-unsaturated/α-hetero) is 1. The van der Waals surface area contributed by atoms with E-state index in [4.69, 9.17) is 8.92 Å². The maximum absolute atomic E-state index is 12.4. The summed E-state index contributed by atoms with van der Waals surface area (Å²) < 4.78 is 34.4. The van der Waals surface area contributed by atoms with E-state index in [-0.39, 0.29) is 18.0 Å².